The Labute approximate surface area is 98.0 Å². The molecule has 1 rings (SSSR count). The van der Waals surface area contributed by atoms with Gasteiger partial charge in [-0.1, -0.05) is 20.3 Å². The zero-order valence-corrected chi connectivity index (χ0v) is 10.6. The lowest BCUT2D eigenvalue weighted by Crippen LogP contribution is -2.41. The van der Waals surface area contributed by atoms with E-state index in [0.29, 0.717) is 12.8 Å². The van der Waals surface area contributed by atoms with Gasteiger partial charge >= 0.3 is 0 Å². The minimum Gasteiger partial charge on any atom is -0.356 e. The van der Waals surface area contributed by atoms with Crippen LogP contribution < -0.4 is 5.32 Å². The first-order chi connectivity index (χ1) is 7.42. The van der Waals surface area contributed by atoms with Crippen LogP contribution >= 0.6 is 0 Å². The molecule has 0 atom stereocenters. The molecule has 0 aliphatic heterocycles. The molecule has 3 heteroatoms. The predicted octanol–water partition coefficient (Wildman–Crippen LogP) is 2.30. The van der Waals surface area contributed by atoms with E-state index in [1.54, 1.807) is 0 Å². The molecule has 0 heterocycles. The third-order valence-corrected chi connectivity index (χ3v) is 3.66. The molecule has 0 spiro atoms. The number of ketones is 1. The summed E-state index contributed by atoms with van der Waals surface area (Å²) < 4.78 is 0. The smallest absolute Gasteiger partial charge is 0.220 e. The molecule has 0 radical (unpaired) electrons. The second-order valence-corrected chi connectivity index (χ2v) is 5.60. The molecule has 1 fully saturated rings. The van der Waals surface area contributed by atoms with Crippen LogP contribution in [0.1, 0.15) is 52.9 Å². The first-order valence-electron chi connectivity index (χ1n) is 6.18. The van der Waals surface area contributed by atoms with E-state index in [2.05, 4.69) is 19.2 Å². The highest BCUT2D eigenvalue weighted by molar-refractivity contribution is 5.83. The second-order valence-electron chi connectivity index (χ2n) is 5.60. The molecule has 3 nitrogen and oxygen atoms in total. The summed E-state index contributed by atoms with van der Waals surface area (Å²) in [5, 5.41) is 2.94. The Bertz CT molecular complexity index is 267. The largest absolute Gasteiger partial charge is 0.356 e. The average Bonchev–Trinajstić information content (AvgIpc) is 2.08. The van der Waals surface area contributed by atoms with Gasteiger partial charge in [0.25, 0.3) is 0 Å². The number of hydrogen-bond donors (Lipinski definition) is 1. The molecule has 1 saturated carbocycles. The number of carbonyl (C=O) groups is 2. The van der Waals surface area contributed by atoms with Crippen LogP contribution in [0.5, 0.6) is 0 Å². The molecule has 1 amide bonds. The van der Waals surface area contributed by atoms with Crippen LogP contribution in [0, 0.1) is 11.3 Å². The van der Waals surface area contributed by atoms with Crippen molar-refractivity contribution in [2.24, 2.45) is 11.3 Å². The summed E-state index contributed by atoms with van der Waals surface area (Å²) in [5.41, 5.74) is 0.199. The van der Waals surface area contributed by atoms with Crippen LogP contribution in [0.3, 0.4) is 0 Å². The van der Waals surface area contributed by atoms with Gasteiger partial charge in [-0.05, 0) is 31.1 Å². The van der Waals surface area contributed by atoms with Crippen LogP contribution in [-0.4, -0.2) is 18.2 Å². The molecule has 92 valence electrons. The maximum atomic E-state index is 11.5. The molecule has 1 N–H and O–H groups in total. The van der Waals surface area contributed by atoms with Gasteiger partial charge in [-0.2, -0.15) is 0 Å². The van der Waals surface area contributed by atoms with Gasteiger partial charge in [-0.3, -0.25) is 4.79 Å². The average molecular weight is 225 g/mol. The third kappa shape index (κ3) is 3.95. The summed E-state index contributed by atoms with van der Waals surface area (Å²) in [6.07, 6.45) is 4.59. The van der Waals surface area contributed by atoms with E-state index in [-0.39, 0.29) is 17.1 Å². The molecule has 1 aliphatic rings. The molecular weight excluding hydrogens is 202 g/mol. The summed E-state index contributed by atoms with van der Waals surface area (Å²) in [6.45, 7) is 6.67. The molecular formula is C13H23NO2. The zero-order valence-electron chi connectivity index (χ0n) is 10.6. The zero-order chi connectivity index (χ0) is 12.2. The number of carbonyl (C=O) groups excluding carboxylic acids is 2. The second kappa shape index (κ2) is 5.46. The highest BCUT2D eigenvalue weighted by Crippen LogP contribution is 2.41. The Hall–Kier alpha value is -0.860. The maximum absolute atomic E-state index is 11.5. The monoisotopic (exact) mass is 225 g/mol. The van der Waals surface area contributed by atoms with E-state index in [9.17, 15) is 9.59 Å². The Morgan fingerprint density at radius 1 is 1.25 bits per heavy atom. The van der Waals surface area contributed by atoms with E-state index in [4.69, 9.17) is 0 Å². The minimum atomic E-state index is 0.00241. The molecule has 0 saturated heterocycles. The minimum absolute atomic E-state index is 0.00241. The lowest BCUT2D eigenvalue weighted by Gasteiger charge is -2.40. The summed E-state index contributed by atoms with van der Waals surface area (Å²) in [7, 11) is 0. The van der Waals surface area contributed by atoms with Gasteiger partial charge in [-0.15, -0.1) is 0 Å². The highest BCUT2D eigenvalue weighted by Gasteiger charge is 2.33. The molecule has 1 aliphatic carbocycles. The molecule has 0 bridgehead atoms. The first kappa shape index (κ1) is 13.2. The maximum Gasteiger partial charge on any atom is 0.220 e. The number of Topliss-reactive ketones (excluding diaryl/α,β-unsaturated/α-hetero) is 1. The van der Waals surface area contributed by atoms with E-state index in [0.717, 1.165) is 12.5 Å². The van der Waals surface area contributed by atoms with Crippen molar-refractivity contribution in [3.8, 4) is 0 Å². The van der Waals surface area contributed by atoms with E-state index in [1.807, 2.05) is 0 Å². The normalized spacial score (nSPS) is 16.7. The molecule has 0 aromatic heterocycles. The fourth-order valence-electron chi connectivity index (χ4n) is 2.04. The Morgan fingerprint density at radius 3 is 2.31 bits per heavy atom. The third-order valence-electron chi connectivity index (χ3n) is 3.66. The first-order valence-corrected chi connectivity index (χ1v) is 6.18. The van der Waals surface area contributed by atoms with Crippen molar-refractivity contribution in [1.82, 2.24) is 5.32 Å². The van der Waals surface area contributed by atoms with Crippen LogP contribution in [0.25, 0.3) is 0 Å². The number of amides is 1. The Balaban J connectivity index is 2.22. The molecule has 16 heavy (non-hydrogen) atoms. The van der Waals surface area contributed by atoms with E-state index >= 15 is 0 Å². The van der Waals surface area contributed by atoms with Crippen LogP contribution in [0.4, 0.5) is 0 Å². The predicted molar refractivity (Wildman–Crippen MR) is 64.0 cm³/mol. The topological polar surface area (TPSA) is 46.2 Å². The highest BCUT2D eigenvalue weighted by atomic mass is 16.2. The number of nitrogens with one attached hydrogen (secondary N) is 1. The van der Waals surface area contributed by atoms with Crippen LogP contribution in [0.2, 0.25) is 0 Å². The van der Waals surface area contributed by atoms with Crippen molar-refractivity contribution in [3.05, 3.63) is 0 Å². The van der Waals surface area contributed by atoms with Gasteiger partial charge in [0.15, 0.2) is 0 Å². The summed E-state index contributed by atoms with van der Waals surface area (Å²) >= 11 is 0. The van der Waals surface area contributed by atoms with Crippen LogP contribution in [-0.2, 0) is 9.59 Å². The van der Waals surface area contributed by atoms with Gasteiger partial charge in [0.05, 0.1) is 0 Å². The van der Waals surface area contributed by atoms with Crippen LogP contribution in [0.15, 0.2) is 0 Å². The van der Waals surface area contributed by atoms with Crippen molar-refractivity contribution >= 4 is 11.7 Å². The SMILES string of the molecule is CC(=O)CCC(=O)NCC(C)(C)C1CCC1. The lowest BCUT2D eigenvalue weighted by atomic mass is 9.67. The van der Waals surface area contributed by atoms with Crippen molar-refractivity contribution < 1.29 is 9.59 Å². The van der Waals surface area contributed by atoms with Gasteiger partial charge in [0.1, 0.15) is 5.78 Å². The fraction of sp³-hybridized carbons (Fsp3) is 0.846. The fourth-order valence-corrected chi connectivity index (χ4v) is 2.04. The quantitative estimate of drug-likeness (QED) is 0.754. The number of rotatable bonds is 6. The van der Waals surface area contributed by atoms with Gasteiger partial charge in [-0.25, -0.2) is 0 Å². The standard InChI is InChI=1S/C13H23NO2/c1-10(15)7-8-12(16)14-9-13(2,3)11-5-4-6-11/h11H,4-9H2,1-3H3,(H,14,16). The molecule has 0 aromatic carbocycles. The summed E-state index contributed by atoms with van der Waals surface area (Å²) in [6, 6.07) is 0. The van der Waals surface area contributed by atoms with Crippen molar-refractivity contribution in [3.63, 3.8) is 0 Å². The van der Waals surface area contributed by atoms with Crippen molar-refractivity contribution in [2.75, 3.05) is 6.54 Å². The van der Waals surface area contributed by atoms with E-state index < -0.39 is 0 Å². The summed E-state index contributed by atoms with van der Waals surface area (Å²) in [5.74, 6) is 0.830. The summed E-state index contributed by atoms with van der Waals surface area (Å²) in [4.78, 5) is 22.2. The van der Waals surface area contributed by atoms with E-state index in [1.165, 1.54) is 26.2 Å². The van der Waals surface area contributed by atoms with Crippen molar-refractivity contribution in [2.45, 2.75) is 52.9 Å². The molecule has 0 unspecified atom stereocenters. The molecule has 0 aromatic rings. The van der Waals surface area contributed by atoms with Gasteiger partial charge in [0.2, 0.25) is 5.91 Å². The Morgan fingerprint density at radius 2 is 1.88 bits per heavy atom. The number of hydrogen-bond acceptors (Lipinski definition) is 2. The van der Waals surface area contributed by atoms with Gasteiger partial charge in [0, 0.05) is 19.4 Å². The lowest BCUT2D eigenvalue weighted by molar-refractivity contribution is -0.125. The van der Waals surface area contributed by atoms with Crippen molar-refractivity contribution in [1.29, 1.82) is 0 Å². The Kier molecular flexibility index (Phi) is 4.51. The van der Waals surface area contributed by atoms with Gasteiger partial charge < -0.3 is 10.1 Å².